The van der Waals surface area contributed by atoms with Crippen LogP contribution in [0.1, 0.15) is 58.1 Å². The van der Waals surface area contributed by atoms with E-state index in [1.54, 1.807) is 36.4 Å². The van der Waals surface area contributed by atoms with Gasteiger partial charge in [-0.05, 0) is 70.4 Å². The number of nitrogens with zero attached hydrogens (tertiary/aromatic N) is 2. The van der Waals surface area contributed by atoms with Gasteiger partial charge in [0.05, 0.1) is 11.9 Å². The summed E-state index contributed by atoms with van der Waals surface area (Å²) in [4.78, 5) is 28.2. The SMILES string of the molecule is CC[C@H](C(=O)NC(C)(C)C)N(Cc1c(Cl)cccc1Cl)C(=O)CCCN(c1cccc(C)c1)S(C)(=O)=O. The number of sulfonamides is 1. The number of carbonyl (C=O) groups excluding carboxylic acids is 2. The molecule has 2 aromatic rings. The lowest BCUT2D eigenvalue weighted by Gasteiger charge is -2.33. The molecule has 2 aromatic carbocycles. The van der Waals surface area contributed by atoms with Crippen LogP contribution in [0.15, 0.2) is 42.5 Å². The molecule has 0 heterocycles. The number of aryl methyl sites for hydroxylation is 1. The van der Waals surface area contributed by atoms with Crippen LogP contribution >= 0.6 is 23.2 Å². The van der Waals surface area contributed by atoms with E-state index in [1.165, 1.54) is 9.21 Å². The van der Waals surface area contributed by atoms with Gasteiger partial charge in [-0.2, -0.15) is 0 Å². The smallest absolute Gasteiger partial charge is 0.243 e. The number of amides is 2. The van der Waals surface area contributed by atoms with Crippen LogP contribution in [0.2, 0.25) is 10.0 Å². The van der Waals surface area contributed by atoms with Gasteiger partial charge in [0.2, 0.25) is 21.8 Å². The average molecular weight is 571 g/mol. The highest BCUT2D eigenvalue weighted by molar-refractivity contribution is 7.92. The van der Waals surface area contributed by atoms with E-state index in [4.69, 9.17) is 23.2 Å². The predicted molar refractivity (Wildman–Crippen MR) is 152 cm³/mol. The summed E-state index contributed by atoms with van der Waals surface area (Å²) in [6.07, 6.45) is 1.84. The Morgan fingerprint density at radius 1 is 1.05 bits per heavy atom. The summed E-state index contributed by atoms with van der Waals surface area (Å²) in [5.41, 5.74) is 1.55. The van der Waals surface area contributed by atoms with E-state index < -0.39 is 21.6 Å². The molecule has 0 unspecified atom stereocenters. The first-order valence-corrected chi connectivity index (χ1v) is 14.8. The Labute approximate surface area is 231 Å². The van der Waals surface area contributed by atoms with Gasteiger partial charge in [0.15, 0.2) is 0 Å². The summed E-state index contributed by atoms with van der Waals surface area (Å²) in [7, 11) is -3.56. The molecule has 0 spiro atoms. The molecular weight excluding hydrogens is 533 g/mol. The molecule has 10 heteroatoms. The second-order valence-electron chi connectivity index (χ2n) is 10.2. The highest BCUT2D eigenvalue weighted by Crippen LogP contribution is 2.28. The normalized spacial score (nSPS) is 12.6. The minimum Gasteiger partial charge on any atom is -0.350 e. The quantitative estimate of drug-likeness (QED) is 0.383. The van der Waals surface area contributed by atoms with E-state index in [9.17, 15) is 18.0 Å². The van der Waals surface area contributed by atoms with Gasteiger partial charge in [0.1, 0.15) is 6.04 Å². The number of benzene rings is 2. The zero-order valence-corrected chi connectivity index (χ0v) is 24.7. The van der Waals surface area contributed by atoms with Crippen LogP contribution in [0.25, 0.3) is 0 Å². The van der Waals surface area contributed by atoms with Crippen molar-refractivity contribution in [3.8, 4) is 0 Å². The third-order valence-electron chi connectivity index (χ3n) is 5.72. The van der Waals surface area contributed by atoms with Crippen LogP contribution in [0.5, 0.6) is 0 Å². The van der Waals surface area contributed by atoms with Crippen LogP contribution in [-0.4, -0.2) is 49.5 Å². The highest BCUT2D eigenvalue weighted by atomic mass is 35.5. The zero-order chi connectivity index (χ0) is 28.0. The first-order chi connectivity index (χ1) is 17.1. The Hall–Kier alpha value is -2.29. The molecule has 0 aliphatic heterocycles. The number of halogens is 2. The van der Waals surface area contributed by atoms with Crippen LogP contribution in [0, 0.1) is 6.92 Å². The fraction of sp³-hybridized carbons (Fsp3) is 0.481. The minimum absolute atomic E-state index is 0.0409. The molecule has 1 N–H and O–H groups in total. The Kier molecular flexibility index (Phi) is 10.9. The molecule has 7 nitrogen and oxygen atoms in total. The Morgan fingerprint density at radius 2 is 1.65 bits per heavy atom. The lowest BCUT2D eigenvalue weighted by molar-refractivity contribution is -0.142. The van der Waals surface area contributed by atoms with E-state index in [0.717, 1.165) is 11.8 Å². The van der Waals surface area contributed by atoms with Gasteiger partial charge in [0.25, 0.3) is 0 Å². The molecule has 1 atom stereocenters. The van der Waals surface area contributed by atoms with E-state index >= 15 is 0 Å². The molecule has 2 amide bonds. The maximum Gasteiger partial charge on any atom is 0.243 e. The summed E-state index contributed by atoms with van der Waals surface area (Å²) in [5, 5.41) is 3.76. The standard InChI is InChI=1S/C27H37Cl2N3O4S/c1-7-24(26(34)30-27(3,4)5)31(18-21-22(28)13-9-14-23(21)29)25(33)15-10-16-32(37(6,35)36)20-12-8-11-19(2)17-20/h8-9,11-14,17,24H,7,10,15-16,18H2,1-6H3,(H,30,34)/t24-/m1/s1. The van der Waals surface area contributed by atoms with Crippen LogP contribution in [-0.2, 0) is 26.2 Å². The van der Waals surface area contributed by atoms with Gasteiger partial charge in [-0.3, -0.25) is 13.9 Å². The molecule has 204 valence electrons. The average Bonchev–Trinajstić information content (AvgIpc) is 2.76. The Bertz CT molecular complexity index is 1190. The number of anilines is 1. The minimum atomic E-state index is -3.56. The Balaban J connectivity index is 2.30. The summed E-state index contributed by atoms with van der Waals surface area (Å²) < 4.78 is 26.3. The zero-order valence-electron chi connectivity index (χ0n) is 22.3. The summed E-state index contributed by atoms with van der Waals surface area (Å²) in [6, 6.07) is 11.5. The number of rotatable bonds is 11. The molecule has 0 bridgehead atoms. The summed E-state index contributed by atoms with van der Waals surface area (Å²) in [6.45, 7) is 9.53. The number of nitrogens with one attached hydrogen (secondary N) is 1. The number of hydrogen-bond donors (Lipinski definition) is 1. The molecule has 0 saturated carbocycles. The summed E-state index contributed by atoms with van der Waals surface area (Å²) >= 11 is 12.8. The van der Waals surface area contributed by atoms with Crippen molar-refractivity contribution in [1.82, 2.24) is 10.2 Å². The van der Waals surface area contributed by atoms with Crippen molar-refractivity contribution in [2.45, 2.75) is 72.0 Å². The molecule has 37 heavy (non-hydrogen) atoms. The van der Waals surface area contributed by atoms with E-state index in [-0.39, 0.29) is 37.7 Å². The van der Waals surface area contributed by atoms with Gasteiger partial charge in [-0.15, -0.1) is 0 Å². The topological polar surface area (TPSA) is 86.8 Å². The second kappa shape index (κ2) is 13.0. The molecule has 0 saturated heterocycles. The fourth-order valence-electron chi connectivity index (χ4n) is 4.01. The number of hydrogen-bond acceptors (Lipinski definition) is 4. The van der Waals surface area contributed by atoms with Gasteiger partial charge in [0, 0.05) is 40.7 Å². The molecule has 0 aliphatic rings. The van der Waals surface area contributed by atoms with Crippen molar-refractivity contribution in [3.63, 3.8) is 0 Å². The summed E-state index contributed by atoms with van der Waals surface area (Å²) in [5.74, 6) is -0.561. The van der Waals surface area contributed by atoms with Crippen molar-refractivity contribution in [3.05, 3.63) is 63.6 Å². The van der Waals surface area contributed by atoms with Crippen molar-refractivity contribution >= 4 is 50.7 Å². The second-order valence-corrected chi connectivity index (χ2v) is 12.9. The van der Waals surface area contributed by atoms with Gasteiger partial charge in [-0.25, -0.2) is 8.42 Å². The van der Waals surface area contributed by atoms with Crippen LogP contribution in [0.3, 0.4) is 0 Å². The molecule has 0 radical (unpaired) electrons. The molecule has 0 aromatic heterocycles. The third kappa shape index (κ3) is 9.20. The van der Waals surface area contributed by atoms with Crippen molar-refractivity contribution < 1.29 is 18.0 Å². The van der Waals surface area contributed by atoms with E-state index in [0.29, 0.717) is 27.7 Å². The lowest BCUT2D eigenvalue weighted by atomic mass is 10.0. The van der Waals surface area contributed by atoms with Gasteiger partial charge < -0.3 is 10.2 Å². The van der Waals surface area contributed by atoms with E-state index in [1.807, 2.05) is 40.7 Å². The lowest BCUT2D eigenvalue weighted by Crippen LogP contribution is -2.53. The van der Waals surface area contributed by atoms with Crippen LogP contribution in [0.4, 0.5) is 5.69 Å². The maximum absolute atomic E-state index is 13.6. The van der Waals surface area contributed by atoms with Crippen LogP contribution < -0.4 is 9.62 Å². The predicted octanol–water partition coefficient (Wildman–Crippen LogP) is 5.57. The van der Waals surface area contributed by atoms with Crippen molar-refractivity contribution in [1.29, 1.82) is 0 Å². The molecule has 0 aliphatic carbocycles. The largest absolute Gasteiger partial charge is 0.350 e. The first-order valence-electron chi connectivity index (χ1n) is 12.2. The van der Waals surface area contributed by atoms with Gasteiger partial charge >= 0.3 is 0 Å². The fourth-order valence-corrected chi connectivity index (χ4v) is 5.49. The molecule has 2 rings (SSSR count). The van der Waals surface area contributed by atoms with Gasteiger partial charge in [-0.1, -0.05) is 48.3 Å². The monoisotopic (exact) mass is 569 g/mol. The Morgan fingerprint density at radius 3 is 2.16 bits per heavy atom. The third-order valence-corrected chi connectivity index (χ3v) is 7.62. The maximum atomic E-state index is 13.6. The van der Waals surface area contributed by atoms with E-state index in [2.05, 4.69) is 5.32 Å². The van der Waals surface area contributed by atoms with Crippen molar-refractivity contribution in [2.75, 3.05) is 17.1 Å². The molecule has 0 fully saturated rings. The first kappa shape index (κ1) is 30.9. The van der Waals surface area contributed by atoms with Crippen molar-refractivity contribution in [2.24, 2.45) is 0 Å². The molecular formula is C27H37Cl2N3O4S. The number of carbonyl (C=O) groups is 2. The highest BCUT2D eigenvalue weighted by Gasteiger charge is 2.31.